The van der Waals surface area contributed by atoms with Gasteiger partial charge in [0.1, 0.15) is 0 Å². The molecule has 0 bridgehead atoms. The maximum absolute atomic E-state index is 12.8. The lowest BCUT2D eigenvalue weighted by molar-refractivity contribution is 0.102. The second kappa shape index (κ2) is 7.81. The van der Waals surface area contributed by atoms with Crippen molar-refractivity contribution in [1.82, 2.24) is 9.46 Å². The van der Waals surface area contributed by atoms with Crippen LogP contribution in [-0.4, -0.2) is 30.8 Å². The largest absolute Gasteiger partial charge is 0.338 e. The molecule has 0 radical (unpaired) electrons. The second-order valence-electron chi connectivity index (χ2n) is 7.02. The van der Waals surface area contributed by atoms with E-state index in [-0.39, 0.29) is 17.3 Å². The van der Waals surface area contributed by atoms with Crippen molar-refractivity contribution >= 4 is 21.8 Å². The van der Waals surface area contributed by atoms with Crippen LogP contribution in [0.5, 0.6) is 0 Å². The molecule has 1 aliphatic rings. The van der Waals surface area contributed by atoms with Gasteiger partial charge in [-0.05, 0) is 49.1 Å². The van der Waals surface area contributed by atoms with Gasteiger partial charge in [-0.1, -0.05) is 35.5 Å². The summed E-state index contributed by atoms with van der Waals surface area (Å²) in [7, 11) is -2.13. The maximum atomic E-state index is 12.8. The number of hydrogen-bond donors (Lipinski definition) is 1. The molecule has 1 aromatic heterocycles. The number of aryl methyl sites for hydroxylation is 1. The Labute approximate surface area is 169 Å². The Morgan fingerprint density at radius 3 is 2.55 bits per heavy atom. The Morgan fingerprint density at radius 2 is 1.83 bits per heavy atom. The molecule has 7 nitrogen and oxygen atoms in total. The van der Waals surface area contributed by atoms with Crippen molar-refractivity contribution in [3.05, 3.63) is 77.0 Å². The van der Waals surface area contributed by atoms with E-state index in [0.29, 0.717) is 11.4 Å². The number of aromatic nitrogens is 1. The van der Waals surface area contributed by atoms with Crippen molar-refractivity contribution in [2.24, 2.45) is 0 Å². The van der Waals surface area contributed by atoms with E-state index >= 15 is 0 Å². The van der Waals surface area contributed by atoms with Crippen molar-refractivity contribution in [2.75, 3.05) is 12.4 Å². The summed E-state index contributed by atoms with van der Waals surface area (Å²) in [5.41, 5.74) is 3.08. The molecule has 0 spiro atoms. The smallest absolute Gasteiger partial charge is 0.258 e. The van der Waals surface area contributed by atoms with Crippen LogP contribution in [0.15, 0.2) is 64.0 Å². The van der Waals surface area contributed by atoms with Gasteiger partial charge in [-0.25, -0.2) is 8.42 Å². The molecule has 1 amide bonds. The molecule has 0 fully saturated rings. The predicted molar refractivity (Wildman–Crippen MR) is 108 cm³/mol. The summed E-state index contributed by atoms with van der Waals surface area (Å²) in [6, 6.07) is 15.2. The third kappa shape index (κ3) is 3.94. The first kappa shape index (κ1) is 19.4. The van der Waals surface area contributed by atoms with Gasteiger partial charge in [0.05, 0.1) is 10.6 Å². The number of carbonyl (C=O) groups is 1. The second-order valence-corrected chi connectivity index (χ2v) is 9.06. The van der Waals surface area contributed by atoms with Crippen LogP contribution in [0.3, 0.4) is 0 Å². The molecule has 0 aliphatic heterocycles. The van der Waals surface area contributed by atoms with E-state index in [1.165, 1.54) is 35.6 Å². The van der Waals surface area contributed by atoms with Gasteiger partial charge in [-0.3, -0.25) is 10.1 Å². The third-order valence-electron chi connectivity index (χ3n) is 5.01. The lowest BCUT2D eigenvalue weighted by Crippen LogP contribution is -2.26. The van der Waals surface area contributed by atoms with Crippen LogP contribution in [0.2, 0.25) is 0 Å². The van der Waals surface area contributed by atoms with Crippen molar-refractivity contribution < 1.29 is 17.7 Å². The number of nitrogens with zero attached hydrogens (tertiary/aromatic N) is 2. The first-order chi connectivity index (χ1) is 13.9. The molecular weight excluding hydrogens is 390 g/mol. The molecule has 8 heteroatoms. The molecule has 2 aromatic carbocycles. The van der Waals surface area contributed by atoms with E-state index in [2.05, 4.69) is 10.5 Å². The van der Waals surface area contributed by atoms with Crippen LogP contribution in [0.1, 0.15) is 33.6 Å². The number of rotatable bonds is 6. The molecule has 0 saturated carbocycles. The standard InChI is InChI=1S/C21H21N3O4S/c1-24(14-15-6-3-2-4-7-15)29(26,27)17-12-10-16(11-13-17)20(25)22-21-18-8-5-9-19(18)23-28-21/h2-4,6-7,10-13H,5,8-9,14H2,1H3,(H,22,25). The van der Waals surface area contributed by atoms with Crippen molar-refractivity contribution in [2.45, 2.75) is 30.7 Å². The molecule has 0 unspecified atom stereocenters. The van der Waals surface area contributed by atoms with Gasteiger partial charge < -0.3 is 4.52 Å². The van der Waals surface area contributed by atoms with Crippen LogP contribution >= 0.6 is 0 Å². The van der Waals surface area contributed by atoms with E-state index in [0.717, 1.165) is 36.1 Å². The molecule has 0 atom stereocenters. The minimum absolute atomic E-state index is 0.132. The minimum Gasteiger partial charge on any atom is -0.338 e. The molecule has 1 N–H and O–H groups in total. The molecule has 150 valence electrons. The number of hydrogen-bond acceptors (Lipinski definition) is 5. The first-order valence-electron chi connectivity index (χ1n) is 9.34. The average molecular weight is 411 g/mol. The number of anilines is 1. The number of amides is 1. The number of fused-ring (bicyclic) bond motifs is 1. The van der Waals surface area contributed by atoms with E-state index in [4.69, 9.17) is 4.52 Å². The summed E-state index contributed by atoms with van der Waals surface area (Å²) in [6.07, 6.45) is 2.69. The van der Waals surface area contributed by atoms with Gasteiger partial charge in [0.2, 0.25) is 15.9 Å². The summed E-state index contributed by atoms with van der Waals surface area (Å²) >= 11 is 0. The van der Waals surface area contributed by atoms with Gasteiger partial charge in [0, 0.05) is 24.7 Å². The van der Waals surface area contributed by atoms with Gasteiger partial charge in [-0.15, -0.1) is 0 Å². The van der Waals surface area contributed by atoms with E-state index in [1.54, 1.807) is 0 Å². The van der Waals surface area contributed by atoms with Crippen molar-refractivity contribution in [3.8, 4) is 0 Å². The van der Waals surface area contributed by atoms with Crippen LogP contribution in [-0.2, 0) is 29.4 Å². The molecular formula is C21H21N3O4S. The summed E-state index contributed by atoms with van der Waals surface area (Å²) < 4.78 is 32.1. The third-order valence-corrected chi connectivity index (χ3v) is 6.83. The van der Waals surface area contributed by atoms with Crippen molar-refractivity contribution in [3.63, 3.8) is 0 Å². The predicted octanol–water partition coefficient (Wildman–Crippen LogP) is 3.24. The Hall–Kier alpha value is -2.97. The highest BCUT2D eigenvalue weighted by molar-refractivity contribution is 7.89. The zero-order chi connectivity index (χ0) is 20.4. The van der Waals surface area contributed by atoms with E-state index in [1.807, 2.05) is 30.3 Å². The Kier molecular flexibility index (Phi) is 5.21. The van der Waals surface area contributed by atoms with Gasteiger partial charge in [0.15, 0.2) is 0 Å². The first-order valence-corrected chi connectivity index (χ1v) is 10.8. The van der Waals surface area contributed by atoms with E-state index in [9.17, 15) is 13.2 Å². The summed E-state index contributed by atoms with van der Waals surface area (Å²) in [5, 5.41) is 6.69. The molecule has 29 heavy (non-hydrogen) atoms. The monoisotopic (exact) mass is 411 g/mol. The van der Waals surface area contributed by atoms with Gasteiger partial charge >= 0.3 is 0 Å². The Balaban J connectivity index is 1.47. The van der Waals surface area contributed by atoms with Crippen LogP contribution < -0.4 is 5.32 Å². The van der Waals surface area contributed by atoms with Crippen LogP contribution in [0, 0.1) is 0 Å². The lowest BCUT2D eigenvalue weighted by atomic mass is 10.2. The summed E-state index contributed by atoms with van der Waals surface area (Å²) in [6.45, 7) is 0.266. The van der Waals surface area contributed by atoms with Gasteiger partial charge in [0.25, 0.3) is 5.91 Å². The average Bonchev–Trinajstić information content (AvgIpc) is 3.34. The number of nitrogens with one attached hydrogen (secondary N) is 1. The molecule has 1 heterocycles. The highest BCUT2D eigenvalue weighted by Gasteiger charge is 2.24. The maximum Gasteiger partial charge on any atom is 0.258 e. The zero-order valence-electron chi connectivity index (χ0n) is 16.0. The molecule has 1 aliphatic carbocycles. The fraction of sp³-hybridized carbons (Fsp3) is 0.238. The Bertz CT molecular complexity index is 1120. The minimum atomic E-state index is -3.66. The quantitative estimate of drug-likeness (QED) is 0.672. The number of benzene rings is 2. The number of carbonyl (C=O) groups excluding carboxylic acids is 1. The Morgan fingerprint density at radius 1 is 1.10 bits per heavy atom. The summed E-state index contributed by atoms with van der Waals surface area (Å²) in [5.74, 6) is 0.0132. The topological polar surface area (TPSA) is 92.5 Å². The molecule has 3 aromatic rings. The van der Waals surface area contributed by atoms with Crippen LogP contribution in [0.4, 0.5) is 5.88 Å². The molecule has 4 rings (SSSR count). The normalized spacial score (nSPS) is 13.4. The highest BCUT2D eigenvalue weighted by Crippen LogP contribution is 2.28. The highest BCUT2D eigenvalue weighted by atomic mass is 32.2. The van der Waals surface area contributed by atoms with E-state index < -0.39 is 10.0 Å². The SMILES string of the molecule is CN(Cc1ccccc1)S(=O)(=O)c1ccc(C(=O)Nc2onc3c2CCC3)cc1. The zero-order valence-corrected chi connectivity index (χ0v) is 16.8. The fourth-order valence-corrected chi connectivity index (χ4v) is 4.55. The van der Waals surface area contributed by atoms with Gasteiger partial charge in [-0.2, -0.15) is 4.31 Å². The fourth-order valence-electron chi connectivity index (χ4n) is 3.39. The summed E-state index contributed by atoms with van der Waals surface area (Å²) in [4.78, 5) is 12.6. The van der Waals surface area contributed by atoms with Crippen LogP contribution in [0.25, 0.3) is 0 Å². The van der Waals surface area contributed by atoms with Crippen molar-refractivity contribution in [1.29, 1.82) is 0 Å². The molecule has 0 saturated heterocycles. The lowest BCUT2D eigenvalue weighted by Gasteiger charge is -2.17. The number of sulfonamides is 1.